The predicted octanol–water partition coefficient (Wildman–Crippen LogP) is 3.39. The monoisotopic (exact) mass is 420 g/mol. The molecule has 0 unspecified atom stereocenters. The molecule has 6 nitrogen and oxygen atoms in total. The summed E-state index contributed by atoms with van der Waals surface area (Å²) < 4.78 is 17.7. The van der Waals surface area contributed by atoms with Crippen LogP contribution in [0.15, 0.2) is 58.1 Å². The maximum absolute atomic E-state index is 10.9. The predicted molar refractivity (Wildman–Crippen MR) is 104 cm³/mol. The number of rotatable bonds is 10. The van der Waals surface area contributed by atoms with Gasteiger partial charge in [-0.3, -0.25) is 4.79 Å². The number of benzene rings is 2. The third kappa shape index (κ3) is 7.67. The number of carbonyl (C=O) groups is 1. The van der Waals surface area contributed by atoms with Crippen LogP contribution in [0, 0.1) is 0 Å². The van der Waals surface area contributed by atoms with E-state index in [0.717, 1.165) is 15.8 Å². The largest absolute Gasteiger partial charge is 0.491 e. The summed E-state index contributed by atoms with van der Waals surface area (Å²) in [5, 5.41) is 3.87. The van der Waals surface area contributed by atoms with E-state index in [1.165, 1.54) is 13.1 Å². The van der Waals surface area contributed by atoms with Crippen LogP contribution in [-0.2, 0) is 9.53 Å². The molecule has 0 aromatic heterocycles. The second-order valence-corrected chi connectivity index (χ2v) is 6.15. The molecule has 0 heterocycles. The third-order valence-electron chi connectivity index (χ3n) is 3.12. The van der Waals surface area contributed by atoms with Gasteiger partial charge in [0.1, 0.15) is 24.7 Å². The zero-order valence-corrected chi connectivity index (χ0v) is 16.1. The van der Waals surface area contributed by atoms with Gasteiger partial charge in [-0.25, -0.2) is 5.43 Å². The van der Waals surface area contributed by atoms with Crippen molar-refractivity contribution in [3.8, 4) is 11.5 Å². The van der Waals surface area contributed by atoms with Gasteiger partial charge in [0.15, 0.2) is 0 Å². The fourth-order valence-corrected chi connectivity index (χ4v) is 2.37. The van der Waals surface area contributed by atoms with E-state index in [4.69, 9.17) is 14.2 Å². The molecule has 1 amide bonds. The molecule has 2 rings (SSSR count). The minimum atomic E-state index is -0.232. The minimum Gasteiger partial charge on any atom is -0.491 e. The first-order valence-electron chi connectivity index (χ1n) is 8.13. The summed E-state index contributed by atoms with van der Waals surface area (Å²) in [5.74, 6) is 1.25. The Morgan fingerprint density at radius 3 is 2.54 bits per heavy atom. The molecule has 0 fully saturated rings. The number of hydrogen-bond donors (Lipinski definition) is 1. The Balaban J connectivity index is 1.70. The molecule has 0 saturated heterocycles. The zero-order valence-electron chi connectivity index (χ0n) is 14.5. The summed E-state index contributed by atoms with van der Waals surface area (Å²) in [7, 11) is 0. The Morgan fingerprint density at radius 2 is 1.81 bits per heavy atom. The van der Waals surface area contributed by atoms with E-state index in [0.29, 0.717) is 32.2 Å². The van der Waals surface area contributed by atoms with Crippen molar-refractivity contribution in [2.45, 2.75) is 6.92 Å². The fraction of sp³-hybridized carbons (Fsp3) is 0.263. The lowest BCUT2D eigenvalue weighted by Crippen LogP contribution is -2.13. The lowest BCUT2D eigenvalue weighted by Gasteiger charge is -2.10. The Hall–Kier alpha value is -2.38. The normalized spacial score (nSPS) is 10.7. The first kappa shape index (κ1) is 19.9. The number of nitrogens with zero attached hydrogens (tertiary/aromatic N) is 1. The molecule has 138 valence electrons. The fourth-order valence-electron chi connectivity index (χ4n) is 1.99. The standard InChI is InChI=1S/C19H21BrN2O4/c1-15(23)22-21-14-16-13-17(20)7-8-19(16)26-12-10-24-9-11-25-18-5-3-2-4-6-18/h2-8,13-14H,9-12H2,1H3,(H,22,23)/b21-14+. The van der Waals surface area contributed by atoms with Crippen molar-refractivity contribution < 1.29 is 19.0 Å². The highest BCUT2D eigenvalue weighted by molar-refractivity contribution is 9.10. The van der Waals surface area contributed by atoms with Gasteiger partial charge in [0.2, 0.25) is 5.91 Å². The molecule has 0 aliphatic carbocycles. The third-order valence-corrected chi connectivity index (χ3v) is 3.62. The molecule has 26 heavy (non-hydrogen) atoms. The summed E-state index contributed by atoms with van der Waals surface area (Å²) in [6.07, 6.45) is 1.54. The number of carbonyl (C=O) groups excluding carboxylic acids is 1. The Kier molecular flexibility index (Phi) is 8.65. The first-order chi connectivity index (χ1) is 12.6. The Labute approximate surface area is 161 Å². The molecule has 0 radical (unpaired) electrons. The van der Waals surface area contributed by atoms with E-state index in [2.05, 4.69) is 26.5 Å². The van der Waals surface area contributed by atoms with Gasteiger partial charge in [-0.15, -0.1) is 0 Å². The number of nitrogens with one attached hydrogen (secondary N) is 1. The second-order valence-electron chi connectivity index (χ2n) is 5.23. The molecule has 0 atom stereocenters. The van der Waals surface area contributed by atoms with Crippen LogP contribution >= 0.6 is 15.9 Å². The van der Waals surface area contributed by atoms with Gasteiger partial charge in [-0.2, -0.15) is 5.10 Å². The molecule has 1 N–H and O–H groups in total. The van der Waals surface area contributed by atoms with Crippen LogP contribution in [-0.4, -0.2) is 38.5 Å². The van der Waals surface area contributed by atoms with Crippen LogP contribution in [0.3, 0.4) is 0 Å². The molecule has 0 aliphatic heterocycles. The van der Waals surface area contributed by atoms with Crippen LogP contribution in [0.25, 0.3) is 0 Å². The van der Waals surface area contributed by atoms with Crippen molar-refractivity contribution in [3.63, 3.8) is 0 Å². The molecule has 0 saturated carbocycles. The van der Waals surface area contributed by atoms with Gasteiger partial charge < -0.3 is 14.2 Å². The zero-order chi connectivity index (χ0) is 18.6. The highest BCUT2D eigenvalue weighted by Crippen LogP contribution is 2.21. The highest BCUT2D eigenvalue weighted by atomic mass is 79.9. The summed E-state index contributed by atoms with van der Waals surface area (Å²) >= 11 is 3.40. The van der Waals surface area contributed by atoms with E-state index >= 15 is 0 Å². The van der Waals surface area contributed by atoms with Gasteiger partial charge >= 0.3 is 0 Å². The van der Waals surface area contributed by atoms with Crippen molar-refractivity contribution in [3.05, 3.63) is 58.6 Å². The SMILES string of the molecule is CC(=O)N/N=C/c1cc(Br)ccc1OCCOCCOc1ccccc1. The van der Waals surface area contributed by atoms with E-state index in [-0.39, 0.29) is 5.91 Å². The van der Waals surface area contributed by atoms with Crippen LogP contribution < -0.4 is 14.9 Å². The number of hydrazone groups is 1. The molecular weight excluding hydrogens is 400 g/mol. The molecular formula is C19H21BrN2O4. The van der Waals surface area contributed by atoms with Gasteiger partial charge in [0.05, 0.1) is 19.4 Å². The number of ether oxygens (including phenoxy) is 3. The van der Waals surface area contributed by atoms with Gasteiger partial charge in [0.25, 0.3) is 0 Å². The van der Waals surface area contributed by atoms with Gasteiger partial charge in [0, 0.05) is 17.0 Å². The Morgan fingerprint density at radius 1 is 1.08 bits per heavy atom. The highest BCUT2D eigenvalue weighted by Gasteiger charge is 2.03. The van der Waals surface area contributed by atoms with Crippen molar-refractivity contribution in [2.24, 2.45) is 5.10 Å². The van der Waals surface area contributed by atoms with Gasteiger partial charge in [-0.1, -0.05) is 34.1 Å². The van der Waals surface area contributed by atoms with E-state index in [1.54, 1.807) is 0 Å². The van der Waals surface area contributed by atoms with Gasteiger partial charge in [-0.05, 0) is 30.3 Å². The van der Waals surface area contributed by atoms with Crippen LogP contribution in [0.5, 0.6) is 11.5 Å². The molecule has 0 spiro atoms. The van der Waals surface area contributed by atoms with Crippen molar-refractivity contribution in [1.82, 2.24) is 5.43 Å². The lowest BCUT2D eigenvalue weighted by molar-refractivity contribution is -0.118. The maximum atomic E-state index is 10.9. The van der Waals surface area contributed by atoms with Crippen molar-refractivity contribution >= 4 is 28.1 Å². The smallest absolute Gasteiger partial charge is 0.236 e. The first-order valence-corrected chi connectivity index (χ1v) is 8.92. The number of para-hydroxylation sites is 1. The minimum absolute atomic E-state index is 0.232. The molecule has 7 heteroatoms. The summed E-state index contributed by atoms with van der Waals surface area (Å²) in [6, 6.07) is 15.2. The van der Waals surface area contributed by atoms with Crippen LogP contribution in [0.2, 0.25) is 0 Å². The number of hydrogen-bond acceptors (Lipinski definition) is 5. The average molecular weight is 421 g/mol. The molecule has 2 aromatic rings. The Bertz CT molecular complexity index is 723. The molecule has 2 aromatic carbocycles. The van der Waals surface area contributed by atoms with Crippen molar-refractivity contribution in [2.75, 3.05) is 26.4 Å². The number of amides is 1. The molecule has 0 aliphatic rings. The van der Waals surface area contributed by atoms with Crippen LogP contribution in [0.1, 0.15) is 12.5 Å². The lowest BCUT2D eigenvalue weighted by atomic mass is 10.2. The van der Waals surface area contributed by atoms with Crippen molar-refractivity contribution in [1.29, 1.82) is 0 Å². The molecule has 0 bridgehead atoms. The van der Waals surface area contributed by atoms with E-state index in [1.807, 2.05) is 48.5 Å². The average Bonchev–Trinajstić information content (AvgIpc) is 2.63. The van der Waals surface area contributed by atoms with Crippen LogP contribution in [0.4, 0.5) is 0 Å². The topological polar surface area (TPSA) is 69.2 Å². The number of halogens is 1. The maximum Gasteiger partial charge on any atom is 0.236 e. The quantitative estimate of drug-likeness (QED) is 0.363. The summed E-state index contributed by atoms with van der Waals surface area (Å²) in [6.45, 7) is 3.20. The van der Waals surface area contributed by atoms with E-state index < -0.39 is 0 Å². The van der Waals surface area contributed by atoms with E-state index in [9.17, 15) is 4.79 Å². The summed E-state index contributed by atoms with van der Waals surface area (Å²) in [5.41, 5.74) is 3.12. The second kappa shape index (κ2) is 11.3. The summed E-state index contributed by atoms with van der Waals surface area (Å²) in [4.78, 5) is 10.9.